The van der Waals surface area contributed by atoms with Crippen molar-refractivity contribution in [1.82, 2.24) is 15.3 Å². The van der Waals surface area contributed by atoms with E-state index < -0.39 is 18.2 Å². The van der Waals surface area contributed by atoms with Crippen LogP contribution in [0.25, 0.3) is 22.2 Å². The summed E-state index contributed by atoms with van der Waals surface area (Å²) < 4.78 is 4.93. The predicted octanol–water partition coefficient (Wildman–Crippen LogP) is 3.37. The fourth-order valence-corrected chi connectivity index (χ4v) is 3.57. The van der Waals surface area contributed by atoms with Crippen LogP contribution in [0.5, 0.6) is 0 Å². The molecule has 0 radical (unpaired) electrons. The van der Waals surface area contributed by atoms with E-state index in [1.165, 1.54) is 7.11 Å². The minimum absolute atomic E-state index is 0.333. The predicted molar refractivity (Wildman–Crippen MR) is 119 cm³/mol. The normalized spacial score (nSPS) is 13.0. The standard InChI is InChI=1S/C24H22N4O3/c1-31-24(30)22(16-10-7-13-26-14-16)28-23(29)19-17-11-5-6-12-18(17)27-21(20(19)25)15-8-3-2-4-9-15/h2-14,22-23,28-29H,25H2,1H3. The lowest BCUT2D eigenvalue weighted by Gasteiger charge is -2.24. The summed E-state index contributed by atoms with van der Waals surface area (Å²) in [5, 5.41) is 14.8. The van der Waals surface area contributed by atoms with Crippen molar-refractivity contribution in [2.45, 2.75) is 12.3 Å². The molecule has 31 heavy (non-hydrogen) atoms. The zero-order valence-corrected chi connectivity index (χ0v) is 16.9. The summed E-state index contributed by atoms with van der Waals surface area (Å²) in [6.07, 6.45) is 1.89. The highest BCUT2D eigenvalue weighted by molar-refractivity contribution is 5.93. The molecule has 2 unspecified atom stereocenters. The molecule has 2 aromatic carbocycles. The Bertz CT molecular complexity index is 1200. The van der Waals surface area contributed by atoms with Crippen LogP contribution in [-0.4, -0.2) is 28.2 Å². The molecule has 0 spiro atoms. The molecule has 156 valence electrons. The summed E-state index contributed by atoms with van der Waals surface area (Å²) in [5.74, 6) is -0.549. The van der Waals surface area contributed by atoms with Crippen LogP contribution in [0.4, 0.5) is 5.69 Å². The lowest BCUT2D eigenvalue weighted by Crippen LogP contribution is -2.33. The molecule has 2 aromatic heterocycles. The Kier molecular flexibility index (Phi) is 5.88. The Morgan fingerprint density at radius 1 is 1.06 bits per heavy atom. The summed E-state index contributed by atoms with van der Waals surface area (Å²) in [6, 6.07) is 19.5. The summed E-state index contributed by atoms with van der Waals surface area (Å²) in [5.41, 5.74) is 9.93. The van der Waals surface area contributed by atoms with Crippen LogP contribution in [0.15, 0.2) is 79.1 Å². The summed E-state index contributed by atoms with van der Waals surface area (Å²) in [7, 11) is 1.30. The SMILES string of the molecule is COC(=O)C(NC(O)c1c(N)c(-c2ccccc2)nc2ccccc12)c1cccnc1. The van der Waals surface area contributed by atoms with Crippen LogP contribution < -0.4 is 11.1 Å². The monoisotopic (exact) mass is 414 g/mol. The van der Waals surface area contributed by atoms with Crippen LogP contribution >= 0.6 is 0 Å². The zero-order valence-electron chi connectivity index (χ0n) is 16.9. The van der Waals surface area contributed by atoms with E-state index in [4.69, 9.17) is 15.5 Å². The van der Waals surface area contributed by atoms with E-state index in [-0.39, 0.29) is 0 Å². The van der Waals surface area contributed by atoms with Crippen LogP contribution in [0.1, 0.15) is 23.4 Å². The number of esters is 1. The molecule has 0 aliphatic heterocycles. The van der Waals surface area contributed by atoms with Crippen LogP contribution in [0.2, 0.25) is 0 Å². The molecule has 4 aromatic rings. The van der Waals surface area contributed by atoms with Gasteiger partial charge in [0.2, 0.25) is 0 Å². The molecular weight excluding hydrogens is 392 g/mol. The Labute approximate surface area is 179 Å². The molecule has 0 aliphatic carbocycles. The number of nitrogen functional groups attached to an aromatic ring is 1. The van der Waals surface area contributed by atoms with E-state index in [0.717, 1.165) is 5.56 Å². The van der Waals surface area contributed by atoms with Gasteiger partial charge in [0.15, 0.2) is 0 Å². The molecule has 0 bridgehead atoms. The van der Waals surface area contributed by atoms with Crippen LogP contribution in [0, 0.1) is 0 Å². The minimum atomic E-state index is -1.26. The number of carbonyl (C=O) groups excluding carboxylic acids is 1. The van der Waals surface area contributed by atoms with Crippen molar-refractivity contribution < 1.29 is 14.6 Å². The van der Waals surface area contributed by atoms with E-state index in [1.807, 2.05) is 54.6 Å². The van der Waals surface area contributed by atoms with Gasteiger partial charge in [-0.3, -0.25) is 10.3 Å². The highest BCUT2D eigenvalue weighted by Gasteiger charge is 2.27. The molecule has 0 saturated carbocycles. The summed E-state index contributed by atoms with van der Waals surface area (Å²) >= 11 is 0. The molecule has 0 fully saturated rings. The van der Waals surface area contributed by atoms with Crippen molar-refractivity contribution in [2.24, 2.45) is 0 Å². The number of methoxy groups -OCH3 is 1. The number of rotatable bonds is 6. The van der Waals surface area contributed by atoms with Gasteiger partial charge in [-0.2, -0.15) is 0 Å². The second-order valence-electron chi connectivity index (χ2n) is 6.98. The largest absolute Gasteiger partial charge is 0.468 e. The summed E-state index contributed by atoms with van der Waals surface area (Å²) in [4.78, 5) is 21.2. The third-order valence-electron chi connectivity index (χ3n) is 5.07. The van der Waals surface area contributed by atoms with Gasteiger partial charge >= 0.3 is 5.97 Å². The second-order valence-corrected chi connectivity index (χ2v) is 6.98. The van der Waals surface area contributed by atoms with E-state index >= 15 is 0 Å². The van der Waals surface area contributed by atoms with Crippen molar-refractivity contribution in [3.05, 3.63) is 90.3 Å². The van der Waals surface area contributed by atoms with Crippen LogP contribution in [0.3, 0.4) is 0 Å². The van der Waals surface area contributed by atoms with Crippen molar-refractivity contribution in [3.8, 4) is 11.3 Å². The van der Waals surface area contributed by atoms with Gasteiger partial charge in [-0.1, -0.05) is 54.6 Å². The molecule has 0 aliphatic rings. The van der Waals surface area contributed by atoms with Gasteiger partial charge in [-0.05, 0) is 17.7 Å². The van der Waals surface area contributed by atoms with Gasteiger partial charge in [0.1, 0.15) is 12.3 Å². The van der Waals surface area contributed by atoms with Crippen molar-refractivity contribution in [3.63, 3.8) is 0 Å². The molecular formula is C24H22N4O3. The van der Waals surface area contributed by atoms with Gasteiger partial charge in [0.05, 0.1) is 24.0 Å². The van der Waals surface area contributed by atoms with Gasteiger partial charge in [-0.15, -0.1) is 0 Å². The second kappa shape index (κ2) is 8.91. The highest BCUT2D eigenvalue weighted by atomic mass is 16.5. The van der Waals surface area contributed by atoms with Crippen molar-refractivity contribution >= 4 is 22.6 Å². The molecule has 7 heteroatoms. The molecule has 4 rings (SSSR count). The van der Waals surface area contributed by atoms with Crippen molar-refractivity contribution in [1.29, 1.82) is 0 Å². The van der Waals surface area contributed by atoms with Crippen LogP contribution in [-0.2, 0) is 9.53 Å². The average molecular weight is 414 g/mol. The first-order valence-electron chi connectivity index (χ1n) is 9.75. The number of nitrogens with two attached hydrogens (primary N) is 1. The first kappa shape index (κ1) is 20.5. The maximum absolute atomic E-state index is 12.4. The number of carbonyl (C=O) groups is 1. The number of anilines is 1. The Balaban J connectivity index is 1.82. The first-order chi connectivity index (χ1) is 15.1. The number of nitrogens with zero attached hydrogens (tertiary/aromatic N) is 2. The quantitative estimate of drug-likeness (QED) is 0.328. The topological polar surface area (TPSA) is 110 Å². The fourth-order valence-electron chi connectivity index (χ4n) is 3.57. The smallest absolute Gasteiger partial charge is 0.327 e. The number of aliphatic hydroxyl groups excluding tert-OH is 1. The molecule has 7 nitrogen and oxygen atoms in total. The molecule has 4 N–H and O–H groups in total. The number of ether oxygens (including phenoxy) is 1. The van der Waals surface area contributed by atoms with E-state index in [2.05, 4.69) is 10.3 Å². The molecule has 2 atom stereocenters. The maximum Gasteiger partial charge on any atom is 0.327 e. The number of aromatic nitrogens is 2. The zero-order chi connectivity index (χ0) is 21.8. The Hall–Kier alpha value is -3.81. The number of nitrogens with one attached hydrogen (secondary N) is 1. The number of hydrogen-bond donors (Lipinski definition) is 3. The third kappa shape index (κ3) is 4.09. The molecule has 0 saturated heterocycles. The number of fused-ring (bicyclic) bond motifs is 1. The maximum atomic E-state index is 12.4. The first-order valence-corrected chi connectivity index (χ1v) is 9.75. The third-order valence-corrected chi connectivity index (χ3v) is 5.07. The fraction of sp³-hybridized carbons (Fsp3) is 0.125. The van der Waals surface area contributed by atoms with Gasteiger partial charge < -0.3 is 15.6 Å². The van der Waals surface area contributed by atoms with Gasteiger partial charge in [0, 0.05) is 28.9 Å². The average Bonchev–Trinajstić information content (AvgIpc) is 2.82. The lowest BCUT2D eigenvalue weighted by molar-refractivity contribution is -0.144. The van der Waals surface area contributed by atoms with E-state index in [1.54, 1.807) is 24.5 Å². The van der Waals surface area contributed by atoms with Gasteiger partial charge in [0.25, 0.3) is 0 Å². The number of aliphatic hydroxyl groups is 1. The summed E-state index contributed by atoms with van der Waals surface area (Å²) in [6.45, 7) is 0. The van der Waals surface area contributed by atoms with Gasteiger partial charge in [-0.25, -0.2) is 9.78 Å². The Morgan fingerprint density at radius 3 is 2.52 bits per heavy atom. The molecule has 0 amide bonds. The molecule has 2 heterocycles. The van der Waals surface area contributed by atoms with Crippen molar-refractivity contribution in [2.75, 3.05) is 12.8 Å². The van der Waals surface area contributed by atoms with E-state index in [0.29, 0.717) is 33.4 Å². The highest BCUT2D eigenvalue weighted by Crippen LogP contribution is 2.36. The number of benzene rings is 2. The number of pyridine rings is 2. The minimum Gasteiger partial charge on any atom is -0.468 e. The van der Waals surface area contributed by atoms with E-state index in [9.17, 15) is 9.90 Å². The number of hydrogen-bond acceptors (Lipinski definition) is 7. The Morgan fingerprint density at radius 2 is 1.81 bits per heavy atom. The number of para-hydroxylation sites is 1. The lowest BCUT2D eigenvalue weighted by atomic mass is 9.99.